The van der Waals surface area contributed by atoms with Crippen molar-refractivity contribution in [3.8, 4) is 66.8 Å². The fourth-order valence-electron chi connectivity index (χ4n) is 16.5. The standard InChI is InChI=1S/C81H50/c1-41-20-24-48(25-21-41)69-78-60-34-30-54-52-28-32-58-67-44(4)50-18-12-13-19-51(50)68(47-16-10-7-11-17-47)77(67)59-33-29-53(71(52)74(58)59)55-31-35-61(75(60)72(54)55)79(78)70(49-26-22-42(2)23-27-49)81-63-39-37-57-66-45(5)64(46-14-8-6-9-15-46)40-43(3)65(66)56-36-38-62(80(69)81)76(63)73(56)57/h6-40H,1-5H3. The SMILES string of the molecule is Cc1ccc(-c2c3c4ccc5c6c(ccc(c3c(-c3ccc(C)cc3)c3c7ccc8c9ccc%10c%11c(ccc(c%12ccc(c23)c7c%128)c%119)-c2c-%10c(-c3ccccc3)c3ccccc3c2C)c64)=c2c(C)c(-c3ccccc3)cc(C)c2=5)cc1. The molecule has 0 nitrogen and oxygen atoms in total. The van der Waals surface area contributed by atoms with Gasteiger partial charge in [0.05, 0.1) is 0 Å². The predicted molar refractivity (Wildman–Crippen MR) is 347 cm³/mol. The molecule has 0 unspecified atom stereocenters. The third-order valence-corrected chi connectivity index (χ3v) is 19.8. The van der Waals surface area contributed by atoms with Gasteiger partial charge in [0.2, 0.25) is 0 Å². The number of rotatable bonds is 4. The second-order valence-corrected chi connectivity index (χ2v) is 23.8. The smallest absolute Gasteiger partial charge is 0.000717 e. The van der Waals surface area contributed by atoms with Crippen molar-refractivity contribution in [2.24, 2.45) is 0 Å². The van der Waals surface area contributed by atoms with Gasteiger partial charge in [-0.1, -0.05) is 223 Å². The highest BCUT2D eigenvalue weighted by atomic mass is 14.4. The molecule has 17 aromatic rings. The molecule has 0 atom stereocenters. The zero-order chi connectivity index (χ0) is 53.4. The Balaban J connectivity index is 0.977. The molecule has 19 rings (SSSR count). The summed E-state index contributed by atoms with van der Waals surface area (Å²) in [6.07, 6.45) is 0. The lowest BCUT2D eigenvalue weighted by Crippen LogP contribution is -1.92. The van der Waals surface area contributed by atoms with E-state index in [1.165, 1.54) is 223 Å². The summed E-state index contributed by atoms with van der Waals surface area (Å²) < 4.78 is 0. The molecule has 0 N–H and O–H groups in total. The van der Waals surface area contributed by atoms with Crippen LogP contribution in [0.25, 0.3) is 174 Å². The van der Waals surface area contributed by atoms with Gasteiger partial charge in [0.25, 0.3) is 0 Å². The summed E-state index contributed by atoms with van der Waals surface area (Å²) >= 11 is 0. The van der Waals surface area contributed by atoms with Gasteiger partial charge >= 0.3 is 0 Å². The van der Waals surface area contributed by atoms with Gasteiger partial charge in [-0.2, -0.15) is 0 Å². The Morgan fingerprint density at radius 2 is 0.617 bits per heavy atom. The van der Waals surface area contributed by atoms with Crippen molar-refractivity contribution in [1.82, 2.24) is 0 Å². The van der Waals surface area contributed by atoms with Gasteiger partial charge in [0.15, 0.2) is 0 Å². The summed E-state index contributed by atoms with van der Waals surface area (Å²) in [7, 11) is 0. The van der Waals surface area contributed by atoms with E-state index < -0.39 is 0 Å². The van der Waals surface area contributed by atoms with E-state index in [1.54, 1.807) is 0 Å². The highest BCUT2D eigenvalue weighted by molar-refractivity contribution is 6.50. The second-order valence-electron chi connectivity index (χ2n) is 23.8. The van der Waals surface area contributed by atoms with E-state index in [0.29, 0.717) is 0 Å². The van der Waals surface area contributed by atoms with Gasteiger partial charge in [0.1, 0.15) is 0 Å². The van der Waals surface area contributed by atoms with E-state index in [1.807, 2.05) is 0 Å². The van der Waals surface area contributed by atoms with E-state index in [4.69, 9.17) is 0 Å². The summed E-state index contributed by atoms with van der Waals surface area (Å²) in [6, 6.07) is 82.1. The van der Waals surface area contributed by atoms with Crippen LogP contribution < -0.4 is 0 Å². The fraction of sp³-hybridized carbons (Fsp3) is 0.0617. The van der Waals surface area contributed by atoms with Crippen LogP contribution >= 0.6 is 0 Å². The summed E-state index contributed by atoms with van der Waals surface area (Å²) in [4.78, 5) is 0. The quantitative estimate of drug-likeness (QED) is 0.122. The molecule has 0 amide bonds. The molecular weight excluding hydrogens is 973 g/mol. The zero-order valence-corrected chi connectivity index (χ0v) is 45.7. The van der Waals surface area contributed by atoms with Crippen molar-refractivity contribution < 1.29 is 0 Å². The first-order chi connectivity index (χ1) is 39.8. The molecule has 0 saturated carbocycles. The minimum Gasteiger partial charge on any atom is -0.0622 e. The molecule has 0 aliphatic heterocycles. The molecule has 0 fully saturated rings. The van der Waals surface area contributed by atoms with Gasteiger partial charge in [-0.25, -0.2) is 0 Å². The molecule has 17 aromatic carbocycles. The molecule has 0 spiro atoms. The maximum atomic E-state index is 2.51. The van der Waals surface area contributed by atoms with Crippen molar-refractivity contribution in [2.75, 3.05) is 0 Å². The summed E-state index contributed by atoms with van der Waals surface area (Å²) in [5, 5.41) is 32.4. The van der Waals surface area contributed by atoms with E-state index in [-0.39, 0.29) is 0 Å². The maximum Gasteiger partial charge on any atom is -0.000717 e. The molecule has 0 heterocycles. The Labute approximate surface area is 467 Å². The van der Waals surface area contributed by atoms with Crippen molar-refractivity contribution >= 4 is 108 Å². The number of fused-ring (bicyclic) bond motifs is 13. The van der Waals surface area contributed by atoms with Crippen molar-refractivity contribution in [1.29, 1.82) is 0 Å². The van der Waals surface area contributed by atoms with Crippen LogP contribution in [0.15, 0.2) is 212 Å². The van der Waals surface area contributed by atoms with Crippen LogP contribution in [0.4, 0.5) is 0 Å². The van der Waals surface area contributed by atoms with Crippen LogP contribution in [0, 0.1) is 55.5 Å². The summed E-state index contributed by atoms with van der Waals surface area (Å²) in [5.74, 6) is 0. The minimum atomic E-state index is 1.26. The second kappa shape index (κ2) is 15.3. The third kappa shape index (κ3) is 5.33. The minimum absolute atomic E-state index is 1.26. The van der Waals surface area contributed by atoms with Gasteiger partial charge in [-0.3, -0.25) is 0 Å². The van der Waals surface area contributed by atoms with Gasteiger partial charge in [-0.05, 0) is 247 Å². The Kier molecular flexibility index (Phi) is 8.30. The first kappa shape index (κ1) is 44.0. The molecular formula is C81H50. The van der Waals surface area contributed by atoms with E-state index in [0.717, 1.165) is 0 Å². The van der Waals surface area contributed by atoms with Crippen LogP contribution in [0.1, 0.15) is 27.8 Å². The molecule has 0 radical (unpaired) electrons. The normalized spacial score (nSPS) is 12.8. The first-order valence-electron chi connectivity index (χ1n) is 28.8. The lowest BCUT2D eigenvalue weighted by molar-refractivity contribution is 1.29. The highest BCUT2D eigenvalue weighted by Crippen LogP contribution is 2.61. The molecule has 2 aliphatic carbocycles. The summed E-state index contributed by atoms with van der Waals surface area (Å²) in [5.41, 5.74) is 22.3. The Morgan fingerprint density at radius 3 is 1.17 bits per heavy atom. The van der Waals surface area contributed by atoms with E-state index in [9.17, 15) is 0 Å². The summed E-state index contributed by atoms with van der Waals surface area (Å²) in [6.45, 7) is 11.4. The molecule has 0 saturated heterocycles. The van der Waals surface area contributed by atoms with Crippen LogP contribution in [-0.2, 0) is 0 Å². The third-order valence-electron chi connectivity index (χ3n) is 19.8. The molecule has 0 heteroatoms. The zero-order valence-electron chi connectivity index (χ0n) is 45.7. The lowest BCUT2D eigenvalue weighted by Gasteiger charge is -2.18. The molecule has 81 heavy (non-hydrogen) atoms. The van der Waals surface area contributed by atoms with Crippen LogP contribution in [0.3, 0.4) is 0 Å². The fourth-order valence-corrected chi connectivity index (χ4v) is 16.5. The molecule has 374 valence electrons. The van der Waals surface area contributed by atoms with Gasteiger partial charge in [0, 0.05) is 0 Å². The lowest BCUT2D eigenvalue weighted by atomic mass is 9.85. The van der Waals surface area contributed by atoms with E-state index >= 15 is 0 Å². The maximum absolute atomic E-state index is 2.51. The topological polar surface area (TPSA) is 0 Å². The molecule has 0 bridgehead atoms. The van der Waals surface area contributed by atoms with Crippen molar-refractivity contribution in [3.63, 3.8) is 0 Å². The van der Waals surface area contributed by atoms with Crippen molar-refractivity contribution in [2.45, 2.75) is 34.6 Å². The first-order valence-corrected chi connectivity index (χ1v) is 28.8. The van der Waals surface area contributed by atoms with E-state index in [2.05, 4.69) is 247 Å². The van der Waals surface area contributed by atoms with Crippen molar-refractivity contribution in [3.05, 3.63) is 261 Å². The number of hydrogen-bond acceptors (Lipinski definition) is 0. The molecule has 2 aliphatic rings. The Morgan fingerprint density at radius 1 is 0.210 bits per heavy atom. The van der Waals surface area contributed by atoms with Crippen LogP contribution in [0.5, 0.6) is 0 Å². The monoisotopic (exact) mass is 1020 g/mol. The highest BCUT2D eigenvalue weighted by Gasteiger charge is 2.33. The van der Waals surface area contributed by atoms with Crippen LogP contribution in [0.2, 0.25) is 0 Å². The Hall–Kier alpha value is -9.88. The average Bonchev–Trinajstić information content (AvgIpc) is 3.89. The van der Waals surface area contributed by atoms with Gasteiger partial charge in [-0.15, -0.1) is 0 Å². The average molecular weight is 1020 g/mol. The number of hydrogen-bond donors (Lipinski definition) is 0. The Bertz CT molecular complexity index is 5770. The van der Waals surface area contributed by atoms with Gasteiger partial charge < -0.3 is 0 Å². The molecule has 0 aromatic heterocycles. The number of benzene rings is 15. The largest absolute Gasteiger partial charge is 0.0622 e. The predicted octanol–water partition coefficient (Wildman–Crippen LogP) is 22.3. The number of aryl methyl sites for hydroxylation is 4. The van der Waals surface area contributed by atoms with Crippen LogP contribution in [-0.4, -0.2) is 0 Å².